The molecule has 0 aliphatic carbocycles. The molecule has 0 bridgehead atoms. The van der Waals surface area contributed by atoms with Crippen molar-refractivity contribution < 1.29 is 9.53 Å². The number of carbonyl (C=O) groups excluding carboxylic acids is 1. The van der Waals surface area contributed by atoms with Gasteiger partial charge in [0.2, 0.25) is 0 Å². The number of hydrogen-bond acceptors (Lipinski definition) is 2. The van der Waals surface area contributed by atoms with E-state index in [-0.39, 0.29) is 11.7 Å². The number of alkyl halides is 1. The van der Waals surface area contributed by atoms with Gasteiger partial charge in [0.05, 0.1) is 18.1 Å². The maximum absolute atomic E-state index is 11.4. The summed E-state index contributed by atoms with van der Waals surface area (Å²) in [6.07, 6.45) is 0. The smallest absolute Gasteiger partial charge is 0.181 e. The van der Waals surface area contributed by atoms with Crippen molar-refractivity contribution in [3.8, 4) is 5.75 Å². The van der Waals surface area contributed by atoms with E-state index in [1.165, 1.54) is 0 Å². The van der Waals surface area contributed by atoms with Crippen LogP contribution < -0.4 is 4.74 Å². The Morgan fingerprint density at radius 3 is 2.79 bits per heavy atom. The molecular formula is C10H10Cl2O2. The van der Waals surface area contributed by atoms with Crippen molar-refractivity contribution in [2.24, 2.45) is 0 Å². The maximum atomic E-state index is 11.4. The van der Waals surface area contributed by atoms with Crippen LogP contribution in [0.1, 0.15) is 17.3 Å². The third-order valence-electron chi connectivity index (χ3n) is 1.66. The van der Waals surface area contributed by atoms with Gasteiger partial charge in [-0.15, -0.1) is 11.6 Å². The molecular weight excluding hydrogens is 223 g/mol. The van der Waals surface area contributed by atoms with Crippen molar-refractivity contribution in [3.05, 3.63) is 28.8 Å². The number of benzene rings is 1. The fraction of sp³-hybridized carbons (Fsp3) is 0.300. The van der Waals surface area contributed by atoms with Crippen LogP contribution >= 0.6 is 23.2 Å². The normalized spacial score (nSPS) is 9.93. The Bertz CT molecular complexity index is 337. The first-order valence-corrected chi connectivity index (χ1v) is 5.11. The van der Waals surface area contributed by atoms with Crippen LogP contribution in [0.5, 0.6) is 5.75 Å². The van der Waals surface area contributed by atoms with E-state index < -0.39 is 0 Å². The van der Waals surface area contributed by atoms with Gasteiger partial charge in [-0.25, -0.2) is 0 Å². The summed E-state index contributed by atoms with van der Waals surface area (Å²) in [4.78, 5) is 11.4. The van der Waals surface area contributed by atoms with Crippen molar-refractivity contribution in [1.82, 2.24) is 0 Å². The molecule has 1 aromatic carbocycles. The van der Waals surface area contributed by atoms with E-state index in [9.17, 15) is 4.79 Å². The molecule has 0 saturated heterocycles. The highest BCUT2D eigenvalue weighted by Gasteiger charge is 2.11. The number of carbonyl (C=O) groups is 1. The lowest BCUT2D eigenvalue weighted by molar-refractivity contribution is 0.101. The zero-order valence-electron chi connectivity index (χ0n) is 7.72. The molecule has 4 heteroatoms. The van der Waals surface area contributed by atoms with Crippen molar-refractivity contribution in [1.29, 1.82) is 0 Å². The zero-order valence-corrected chi connectivity index (χ0v) is 9.23. The van der Waals surface area contributed by atoms with E-state index in [0.717, 1.165) is 0 Å². The Kier molecular flexibility index (Phi) is 4.23. The summed E-state index contributed by atoms with van der Waals surface area (Å²) in [6, 6.07) is 4.92. The molecule has 0 heterocycles. The number of ether oxygens (including phenoxy) is 1. The van der Waals surface area contributed by atoms with E-state index in [1.807, 2.05) is 6.92 Å². The van der Waals surface area contributed by atoms with Gasteiger partial charge in [-0.1, -0.05) is 11.6 Å². The van der Waals surface area contributed by atoms with Gasteiger partial charge in [-0.3, -0.25) is 4.79 Å². The Hall–Kier alpha value is -0.730. The lowest BCUT2D eigenvalue weighted by atomic mass is 10.1. The fourth-order valence-corrected chi connectivity index (χ4v) is 1.39. The third-order valence-corrected chi connectivity index (χ3v) is 2.14. The highest BCUT2D eigenvalue weighted by Crippen LogP contribution is 2.23. The van der Waals surface area contributed by atoms with Crippen molar-refractivity contribution >= 4 is 29.0 Å². The van der Waals surface area contributed by atoms with Gasteiger partial charge in [-0.2, -0.15) is 0 Å². The Labute approximate surface area is 92.8 Å². The van der Waals surface area contributed by atoms with Crippen LogP contribution in [0, 0.1) is 0 Å². The van der Waals surface area contributed by atoms with Gasteiger partial charge in [0, 0.05) is 5.02 Å². The second kappa shape index (κ2) is 5.23. The summed E-state index contributed by atoms with van der Waals surface area (Å²) in [5.74, 6) is 0.278. The van der Waals surface area contributed by atoms with E-state index in [0.29, 0.717) is 22.9 Å². The van der Waals surface area contributed by atoms with Gasteiger partial charge in [0.25, 0.3) is 0 Å². The Morgan fingerprint density at radius 1 is 1.50 bits per heavy atom. The van der Waals surface area contributed by atoms with Crippen molar-refractivity contribution in [2.45, 2.75) is 6.92 Å². The van der Waals surface area contributed by atoms with Crippen molar-refractivity contribution in [3.63, 3.8) is 0 Å². The summed E-state index contributed by atoms with van der Waals surface area (Å²) in [7, 11) is 0. The molecule has 0 saturated carbocycles. The fourth-order valence-electron chi connectivity index (χ4n) is 1.07. The molecule has 0 spiro atoms. The number of halogens is 2. The lowest BCUT2D eigenvalue weighted by Crippen LogP contribution is -2.04. The van der Waals surface area contributed by atoms with Crippen LogP contribution in [0.3, 0.4) is 0 Å². The van der Waals surface area contributed by atoms with Crippen LogP contribution in [0.25, 0.3) is 0 Å². The van der Waals surface area contributed by atoms with Gasteiger partial charge in [-0.05, 0) is 25.1 Å². The predicted molar refractivity (Wildman–Crippen MR) is 57.7 cm³/mol. The highest BCUT2D eigenvalue weighted by molar-refractivity contribution is 6.33. The molecule has 1 aromatic rings. The first-order valence-electron chi connectivity index (χ1n) is 4.20. The third kappa shape index (κ3) is 2.63. The summed E-state index contributed by atoms with van der Waals surface area (Å²) < 4.78 is 5.28. The zero-order chi connectivity index (χ0) is 10.6. The Balaban J connectivity index is 3.08. The molecule has 0 aromatic heterocycles. The SMILES string of the molecule is CCOc1ccc(Cl)cc1C(=O)CCl. The average Bonchev–Trinajstić information content (AvgIpc) is 2.20. The molecule has 0 atom stereocenters. The van der Waals surface area contributed by atoms with Gasteiger partial charge >= 0.3 is 0 Å². The number of Topliss-reactive ketones (excluding diaryl/α,β-unsaturated/α-hetero) is 1. The number of rotatable bonds is 4. The second-order valence-corrected chi connectivity index (χ2v) is 3.33. The number of hydrogen-bond donors (Lipinski definition) is 0. The summed E-state index contributed by atoms with van der Waals surface area (Å²) >= 11 is 11.2. The minimum absolute atomic E-state index is 0.0690. The molecule has 0 radical (unpaired) electrons. The molecule has 0 N–H and O–H groups in total. The second-order valence-electron chi connectivity index (χ2n) is 2.63. The molecule has 14 heavy (non-hydrogen) atoms. The molecule has 0 amide bonds. The van der Waals surface area contributed by atoms with Crippen LogP contribution in [0.4, 0.5) is 0 Å². The van der Waals surface area contributed by atoms with E-state index in [1.54, 1.807) is 18.2 Å². The molecule has 76 valence electrons. The van der Waals surface area contributed by atoms with Crippen LogP contribution in [0.15, 0.2) is 18.2 Å². The average molecular weight is 233 g/mol. The van der Waals surface area contributed by atoms with Crippen LogP contribution in [-0.4, -0.2) is 18.3 Å². The topological polar surface area (TPSA) is 26.3 Å². The Morgan fingerprint density at radius 2 is 2.21 bits per heavy atom. The monoisotopic (exact) mass is 232 g/mol. The lowest BCUT2D eigenvalue weighted by Gasteiger charge is -2.08. The van der Waals surface area contributed by atoms with Crippen molar-refractivity contribution in [2.75, 3.05) is 12.5 Å². The molecule has 0 aliphatic rings. The first-order chi connectivity index (χ1) is 6.69. The van der Waals surface area contributed by atoms with Crippen LogP contribution in [-0.2, 0) is 0 Å². The number of ketones is 1. The summed E-state index contributed by atoms with van der Waals surface area (Å²) in [6.45, 7) is 2.35. The maximum Gasteiger partial charge on any atom is 0.181 e. The van der Waals surface area contributed by atoms with Gasteiger partial charge in [0.15, 0.2) is 5.78 Å². The summed E-state index contributed by atoms with van der Waals surface area (Å²) in [5.41, 5.74) is 0.439. The standard InChI is InChI=1S/C10H10Cl2O2/c1-2-14-10-4-3-7(12)5-8(10)9(13)6-11/h3-5H,2,6H2,1H3. The van der Waals surface area contributed by atoms with Crippen LogP contribution in [0.2, 0.25) is 5.02 Å². The minimum Gasteiger partial charge on any atom is -0.493 e. The summed E-state index contributed by atoms with van der Waals surface area (Å²) in [5, 5.41) is 0.502. The predicted octanol–water partition coefficient (Wildman–Crippen LogP) is 3.16. The molecule has 2 nitrogen and oxygen atoms in total. The highest BCUT2D eigenvalue weighted by atomic mass is 35.5. The molecule has 0 unspecified atom stereocenters. The molecule has 0 aliphatic heterocycles. The first kappa shape index (κ1) is 11.3. The quantitative estimate of drug-likeness (QED) is 0.589. The minimum atomic E-state index is -0.183. The van der Waals surface area contributed by atoms with E-state index >= 15 is 0 Å². The molecule has 0 fully saturated rings. The van der Waals surface area contributed by atoms with E-state index in [2.05, 4.69) is 0 Å². The largest absolute Gasteiger partial charge is 0.493 e. The van der Waals surface area contributed by atoms with Gasteiger partial charge < -0.3 is 4.74 Å². The van der Waals surface area contributed by atoms with Gasteiger partial charge in [0.1, 0.15) is 5.75 Å². The molecule has 1 rings (SSSR count). The van der Waals surface area contributed by atoms with E-state index in [4.69, 9.17) is 27.9 Å².